The minimum Gasteiger partial charge on any atom is -0.337 e. The fraction of sp³-hybridized carbons (Fsp3) is 0.727. The highest BCUT2D eigenvalue weighted by molar-refractivity contribution is 4.93. The van der Waals surface area contributed by atoms with Crippen molar-refractivity contribution in [2.45, 2.75) is 47.1 Å². The third-order valence-electron chi connectivity index (χ3n) is 2.30. The van der Waals surface area contributed by atoms with Gasteiger partial charge in [0.15, 0.2) is 0 Å². The molecular weight excluding hydrogens is 160 g/mol. The molecule has 1 heterocycles. The van der Waals surface area contributed by atoms with E-state index in [-0.39, 0.29) is 0 Å². The van der Waals surface area contributed by atoms with Crippen LogP contribution in [0.1, 0.15) is 39.3 Å². The Morgan fingerprint density at radius 1 is 1.46 bits per heavy atom. The highest BCUT2D eigenvalue weighted by Gasteiger charge is 2.16. The monoisotopic (exact) mass is 180 g/mol. The van der Waals surface area contributed by atoms with Crippen LogP contribution in [-0.2, 0) is 6.54 Å². The van der Waals surface area contributed by atoms with E-state index in [4.69, 9.17) is 0 Å². The number of hydrogen-bond acceptors (Lipinski definition) is 1. The number of nitrogens with zero attached hydrogens (tertiary/aromatic N) is 2. The Labute approximate surface area is 81.0 Å². The Bertz CT molecular complexity index is 261. The lowest BCUT2D eigenvalue weighted by Crippen LogP contribution is -2.18. The molecule has 0 aromatic carbocycles. The summed E-state index contributed by atoms with van der Waals surface area (Å²) in [5.41, 5.74) is 1.49. The van der Waals surface area contributed by atoms with Crippen LogP contribution in [0.2, 0.25) is 0 Å². The van der Waals surface area contributed by atoms with E-state index >= 15 is 0 Å². The first-order valence-electron chi connectivity index (χ1n) is 5.02. The van der Waals surface area contributed by atoms with Crippen molar-refractivity contribution < 1.29 is 0 Å². The van der Waals surface area contributed by atoms with Crippen molar-refractivity contribution in [1.82, 2.24) is 9.55 Å². The summed E-state index contributed by atoms with van der Waals surface area (Å²) in [5.74, 6) is 0. The van der Waals surface area contributed by atoms with Crippen LogP contribution >= 0.6 is 0 Å². The number of hydrogen-bond donors (Lipinski definition) is 0. The average Bonchev–Trinajstić information content (AvgIpc) is 2.34. The largest absolute Gasteiger partial charge is 0.337 e. The van der Waals surface area contributed by atoms with E-state index in [1.807, 2.05) is 13.3 Å². The lowest BCUT2D eigenvalue weighted by molar-refractivity contribution is 0.279. The first kappa shape index (κ1) is 10.3. The zero-order chi connectivity index (χ0) is 9.90. The molecule has 0 fully saturated rings. The van der Waals surface area contributed by atoms with Gasteiger partial charge >= 0.3 is 0 Å². The molecule has 13 heavy (non-hydrogen) atoms. The SMILES string of the molecule is CCCC(C)(C)Cn1cnc(C)c1. The fourth-order valence-corrected chi connectivity index (χ4v) is 1.81. The van der Waals surface area contributed by atoms with E-state index in [1.165, 1.54) is 12.8 Å². The van der Waals surface area contributed by atoms with Gasteiger partial charge in [-0.25, -0.2) is 4.98 Å². The summed E-state index contributed by atoms with van der Waals surface area (Å²) in [6.45, 7) is 9.96. The van der Waals surface area contributed by atoms with Gasteiger partial charge in [-0.3, -0.25) is 0 Å². The van der Waals surface area contributed by atoms with Crippen LogP contribution in [0.5, 0.6) is 0 Å². The molecule has 0 aliphatic heterocycles. The van der Waals surface area contributed by atoms with Crippen LogP contribution in [0.15, 0.2) is 12.5 Å². The first-order valence-corrected chi connectivity index (χ1v) is 5.02. The summed E-state index contributed by atoms with van der Waals surface area (Å²) >= 11 is 0. The summed E-state index contributed by atoms with van der Waals surface area (Å²) in [4.78, 5) is 4.22. The van der Waals surface area contributed by atoms with Gasteiger partial charge < -0.3 is 4.57 Å². The topological polar surface area (TPSA) is 17.8 Å². The molecule has 0 bridgehead atoms. The van der Waals surface area contributed by atoms with Gasteiger partial charge in [0.1, 0.15) is 0 Å². The lowest BCUT2D eigenvalue weighted by Gasteiger charge is -2.24. The molecule has 0 aliphatic carbocycles. The molecule has 1 rings (SSSR count). The minimum absolute atomic E-state index is 0.391. The molecule has 0 N–H and O–H groups in total. The standard InChI is InChI=1S/C11H20N2/c1-5-6-11(3,4)8-13-7-10(2)12-9-13/h7,9H,5-6,8H2,1-4H3. The molecule has 2 heteroatoms. The molecule has 0 aliphatic rings. The molecule has 0 spiro atoms. The molecule has 0 saturated heterocycles. The molecule has 0 saturated carbocycles. The van der Waals surface area contributed by atoms with Crippen LogP contribution in [0.25, 0.3) is 0 Å². The summed E-state index contributed by atoms with van der Waals surface area (Å²) in [7, 11) is 0. The highest BCUT2D eigenvalue weighted by atomic mass is 15.0. The van der Waals surface area contributed by atoms with Gasteiger partial charge in [0, 0.05) is 12.7 Å². The number of imidazole rings is 1. The Hall–Kier alpha value is -0.790. The van der Waals surface area contributed by atoms with Crippen molar-refractivity contribution in [2.24, 2.45) is 5.41 Å². The van der Waals surface area contributed by atoms with Gasteiger partial charge in [0.25, 0.3) is 0 Å². The van der Waals surface area contributed by atoms with Gasteiger partial charge in [-0.1, -0.05) is 27.2 Å². The van der Waals surface area contributed by atoms with Crippen molar-refractivity contribution in [3.63, 3.8) is 0 Å². The molecule has 1 aromatic rings. The van der Waals surface area contributed by atoms with Crippen molar-refractivity contribution in [3.05, 3.63) is 18.2 Å². The number of aromatic nitrogens is 2. The van der Waals surface area contributed by atoms with E-state index in [1.54, 1.807) is 0 Å². The van der Waals surface area contributed by atoms with Gasteiger partial charge in [-0.15, -0.1) is 0 Å². The van der Waals surface area contributed by atoms with Crippen LogP contribution in [0, 0.1) is 12.3 Å². The van der Waals surface area contributed by atoms with Gasteiger partial charge in [0.2, 0.25) is 0 Å². The summed E-state index contributed by atoms with van der Waals surface area (Å²) in [6.07, 6.45) is 6.55. The van der Waals surface area contributed by atoms with E-state index in [9.17, 15) is 0 Å². The quantitative estimate of drug-likeness (QED) is 0.696. The zero-order valence-corrected chi connectivity index (χ0v) is 9.17. The maximum Gasteiger partial charge on any atom is 0.0949 e. The zero-order valence-electron chi connectivity index (χ0n) is 9.17. The summed E-state index contributed by atoms with van der Waals surface area (Å²) in [6, 6.07) is 0. The van der Waals surface area contributed by atoms with E-state index in [0.717, 1.165) is 12.2 Å². The predicted molar refractivity (Wildman–Crippen MR) is 55.7 cm³/mol. The lowest BCUT2D eigenvalue weighted by atomic mass is 9.88. The second-order valence-corrected chi connectivity index (χ2v) is 4.60. The van der Waals surface area contributed by atoms with Crippen LogP contribution in [0.4, 0.5) is 0 Å². The third kappa shape index (κ3) is 3.21. The van der Waals surface area contributed by atoms with Crippen molar-refractivity contribution in [2.75, 3.05) is 0 Å². The van der Waals surface area contributed by atoms with Gasteiger partial charge in [-0.05, 0) is 18.8 Å². The Kier molecular flexibility index (Phi) is 3.12. The van der Waals surface area contributed by atoms with E-state index in [2.05, 4.69) is 36.5 Å². The molecule has 0 unspecified atom stereocenters. The van der Waals surface area contributed by atoms with E-state index in [0.29, 0.717) is 5.41 Å². The van der Waals surface area contributed by atoms with Crippen LogP contribution < -0.4 is 0 Å². The fourth-order valence-electron chi connectivity index (χ4n) is 1.81. The third-order valence-corrected chi connectivity index (χ3v) is 2.30. The smallest absolute Gasteiger partial charge is 0.0949 e. The van der Waals surface area contributed by atoms with Crippen LogP contribution in [0.3, 0.4) is 0 Å². The van der Waals surface area contributed by atoms with Crippen molar-refractivity contribution in [1.29, 1.82) is 0 Å². The number of rotatable bonds is 4. The maximum atomic E-state index is 4.22. The Balaban J connectivity index is 2.57. The van der Waals surface area contributed by atoms with Gasteiger partial charge in [0.05, 0.1) is 12.0 Å². The van der Waals surface area contributed by atoms with Crippen LogP contribution in [-0.4, -0.2) is 9.55 Å². The second kappa shape index (κ2) is 3.95. The summed E-state index contributed by atoms with van der Waals surface area (Å²) < 4.78 is 2.19. The normalized spacial score (nSPS) is 12.0. The first-order chi connectivity index (χ1) is 6.03. The minimum atomic E-state index is 0.391. The average molecular weight is 180 g/mol. The Morgan fingerprint density at radius 3 is 2.62 bits per heavy atom. The highest BCUT2D eigenvalue weighted by Crippen LogP contribution is 2.24. The molecule has 74 valence electrons. The molecule has 0 radical (unpaired) electrons. The van der Waals surface area contributed by atoms with Crippen molar-refractivity contribution in [3.8, 4) is 0 Å². The van der Waals surface area contributed by atoms with E-state index < -0.39 is 0 Å². The second-order valence-electron chi connectivity index (χ2n) is 4.60. The molecule has 0 atom stereocenters. The maximum absolute atomic E-state index is 4.22. The Morgan fingerprint density at radius 2 is 2.15 bits per heavy atom. The predicted octanol–water partition coefficient (Wildman–Crippen LogP) is 3.02. The molecule has 0 amide bonds. The van der Waals surface area contributed by atoms with Gasteiger partial charge in [-0.2, -0.15) is 0 Å². The molecule has 1 aromatic heterocycles. The number of aryl methyl sites for hydroxylation is 1. The molecular formula is C11H20N2. The summed E-state index contributed by atoms with van der Waals surface area (Å²) in [5, 5.41) is 0. The molecule has 2 nitrogen and oxygen atoms in total. The van der Waals surface area contributed by atoms with Crippen molar-refractivity contribution >= 4 is 0 Å².